The molecule has 1 N–H and O–H groups in total. The third-order valence-electron chi connectivity index (χ3n) is 1.96. The maximum Gasteiger partial charge on any atom is 0.328 e. The highest BCUT2D eigenvalue weighted by molar-refractivity contribution is 9.11. The van der Waals surface area contributed by atoms with Crippen LogP contribution in [-0.2, 0) is 6.54 Å². The molecule has 2 heterocycles. The predicted molar refractivity (Wildman–Crippen MR) is 70.1 cm³/mol. The number of nitrogens with zero attached hydrogens (tertiary/aromatic N) is 1. The first-order valence-corrected chi connectivity index (χ1v) is 6.70. The number of nitrogens with one attached hydrogen (secondary N) is 1. The minimum Gasteiger partial charge on any atom is -0.313 e. The average Bonchev–Trinajstić information content (AvgIpc) is 2.65. The van der Waals surface area contributed by atoms with E-state index in [1.165, 1.54) is 17.5 Å². The van der Waals surface area contributed by atoms with E-state index in [9.17, 15) is 9.59 Å². The van der Waals surface area contributed by atoms with Gasteiger partial charge in [-0.1, -0.05) is 0 Å². The monoisotopic (exact) mass is 364 g/mol. The van der Waals surface area contributed by atoms with E-state index in [4.69, 9.17) is 0 Å². The van der Waals surface area contributed by atoms with E-state index in [-0.39, 0.29) is 12.1 Å². The van der Waals surface area contributed by atoms with E-state index in [0.29, 0.717) is 4.47 Å². The molecule has 0 fully saturated rings. The van der Waals surface area contributed by atoms with Gasteiger partial charge in [0.15, 0.2) is 0 Å². The molecule has 84 valence electrons. The molecule has 16 heavy (non-hydrogen) atoms. The number of H-pyrrole nitrogens is 1. The van der Waals surface area contributed by atoms with Crippen LogP contribution in [0.4, 0.5) is 0 Å². The molecular formula is C9H6Br2N2O2S. The van der Waals surface area contributed by atoms with E-state index in [1.807, 2.05) is 12.1 Å². The highest BCUT2D eigenvalue weighted by Crippen LogP contribution is 2.22. The zero-order chi connectivity index (χ0) is 11.7. The number of hydrogen-bond acceptors (Lipinski definition) is 3. The summed E-state index contributed by atoms with van der Waals surface area (Å²) in [6, 6.07) is 3.76. The van der Waals surface area contributed by atoms with Gasteiger partial charge in [0, 0.05) is 11.1 Å². The van der Waals surface area contributed by atoms with Gasteiger partial charge in [0.1, 0.15) is 0 Å². The van der Waals surface area contributed by atoms with Crippen molar-refractivity contribution in [3.63, 3.8) is 0 Å². The van der Waals surface area contributed by atoms with Gasteiger partial charge in [-0.2, -0.15) is 0 Å². The zero-order valence-corrected chi connectivity index (χ0v) is 11.9. The Balaban J connectivity index is 2.46. The van der Waals surface area contributed by atoms with E-state index >= 15 is 0 Å². The normalized spacial score (nSPS) is 10.6. The second-order valence-corrected chi connectivity index (χ2v) is 6.44. The summed E-state index contributed by atoms with van der Waals surface area (Å²) < 4.78 is 2.48. The summed E-state index contributed by atoms with van der Waals surface area (Å²) in [7, 11) is 0. The Labute approximate surface area is 111 Å². The smallest absolute Gasteiger partial charge is 0.313 e. The summed E-state index contributed by atoms with van der Waals surface area (Å²) >= 11 is 7.92. The third-order valence-corrected chi connectivity index (χ3v) is 4.14. The SMILES string of the molecule is O=c1[nH]cc(Br)c(=O)n1Cc1ccc(Br)s1. The van der Waals surface area contributed by atoms with Gasteiger partial charge in [0.25, 0.3) is 5.56 Å². The second-order valence-electron chi connectivity index (χ2n) is 3.04. The lowest BCUT2D eigenvalue weighted by atomic mass is 10.4. The molecule has 0 bridgehead atoms. The number of rotatable bonds is 2. The highest BCUT2D eigenvalue weighted by Gasteiger charge is 2.07. The molecule has 0 radical (unpaired) electrons. The van der Waals surface area contributed by atoms with Crippen LogP contribution in [-0.4, -0.2) is 9.55 Å². The number of halogens is 2. The largest absolute Gasteiger partial charge is 0.328 e. The summed E-state index contributed by atoms with van der Waals surface area (Å²) in [5, 5.41) is 0. The Hall–Kier alpha value is -0.660. The molecule has 0 spiro atoms. The van der Waals surface area contributed by atoms with E-state index in [1.54, 1.807) is 0 Å². The Morgan fingerprint density at radius 1 is 1.31 bits per heavy atom. The molecule has 0 aliphatic carbocycles. The molecule has 0 aliphatic rings. The highest BCUT2D eigenvalue weighted by atomic mass is 79.9. The molecule has 0 aliphatic heterocycles. The lowest BCUT2D eigenvalue weighted by Crippen LogP contribution is -2.35. The third kappa shape index (κ3) is 2.36. The van der Waals surface area contributed by atoms with Crippen molar-refractivity contribution in [2.24, 2.45) is 0 Å². The molecule has 0 saturated heterocycles. The van der Waals surface area contributed by atoms with Crippen molar-refractivity contribution in [2.45, 2.75) is 6.54 Å². The summed E-state index contributed by atoms with van der Waals surface area (Å²) in [5.41, 5.74) is -0.731. The molecule has 2 aromatic rings. The standard InChI is InChI=1S/C9H6Br2N2O2S/c10-6-3-12-9(15)13(8(6)14)4-5-1-2-7(11)16-5/h1-3H,4H2,(H,12,15). The Kier molecular flexibility index (Phi) is 3.46. The predicted octanol–water partition coefficient (Wildman–Crippen LogP) is 2.17. The molecule has 7 heteroatoms. The fourth-order valence-corrected chi connectivity index (χ4v) is 3.02. The molecular weight excluding hydrogens is 360 g/mol. The van der Waals surface area contributed by atoms with Gasteiger partial charge in [-0.3, -0.25) is 9.36 Å². The van der Waals surface area contributed by atoms with Crippen LogP contribution in [0.5, 0.6) is 0 Å². The average molecular weight is 366 g/mol. The Morgan fingerprint density at radius 2 is 2.06 bits per heavy atom. The number of aromatic nitrogens is 2. The second kappa shape index (κ2) is 4.68. The number of thiophene rings is 1. The van der Waals surface area contributed by atoms with Crippen molar-refractivity contribution in [1.82, 2.24) is 9.55 Å². The minimum absolute atomic E-state index is 0.282. The molecule has 2 aromatic heterocycles. The van der Waals surface area contributed by atoms with E-state index in [2.05, 4.69) is 36.8 Å². The van der Waals surface area contributed by atoms with Crippen molar-refractivity contribution >= 4 is 43.2 Å². The molecule has 0 saturated carbocycles. The molecule has 4 nitrogen and oxygen atoms in total. The van der Waals surface area contributed by atoms with Crippen LogP contribution in [0.25, 0.3) is 0 Å². The van der Waals surface area contributed by atoms with Crippen molar-refractivity contribution in [3.8, 4) is 0 Å². The van der Waals surface area contributed by atoms with E-state index < -0.39 is 5.69 Å². The topological polar surface area (TPSA) is 54.9 Å². The van der Waals surface area contributed by atoms with Crippen molar-refractivity contribution in [1.29, 1.82) is 0 Å². The van der Waals surface area contributed by atoms with Crippen LogP contribution in [0, 0.1) is 0 Å². The molecule has 0 amide bonds. The van der Waals surface area contributed by atoms with Crippen molar-refractivity contribution in [2.75, 3.05) is 0 Å². The quantitative estimate of drug-likeness (QED) is 0.886. The van der Waals surface area contributed by atoms with Crippen LogP contribution >= 0.6 is 43.2 Å². The van der Waals surface area contributed by atoms with Gasteiger partial charge in [-0.05, 0) is 44.0 Å². The number of aromatic amines is 1. The Bertz CT molecular complexity index is 629. The summed E-state index contributed by atoms with van der Waals surface area (Å²) in [6.07, 6.45) is 1.35. The van der Waals surface area contributed by atoms with Gasteiger partial charge >= 0.3 is 5.69 Å². The number of hydrogen-bond donors (Lipinski definition) is 1. The molecule has 0 unspecified atom stereocenters. The zero-order valence-electron chi connectivity index (χ0n) is 7.87. The molecule has 0 aromatic carbocycles. The van der Waals surface area contributed by atoms with Crippen molar-refractivity contribution in [3.05, 3.63) is 52.3 Å². The Morgan fingerprint density at radius 3 is 2.69 bits per heavy atom. The van der Waals surface area contributed by atoms with Crippen LogP contribution in [0.1, 0.15) is 4.88 Å². The minimum atomic E-state index is -0.405. The fraction of sp³-hybridized carbons (Fsp3) is 0.111. The summed E-state index contributed by atoms with van der Waals surface area (Å²) in [6.45, 7) is 0.282. The van der Waals surface area contributed by atoms with Gasteiger partial charge in [-0.15, -0.1) is 11.3 Å². The first kappa shape index (κ1) is 11.8. The van der Waals surface area contributed by atoms with Crippen molar-refractivity contribution < 1.29 is 0 Å². The van der Waals surface area contributed by atoms with Gasteiger partial charge < -0.3 is 4.98 Å². The summed E-state index contributed by atoms with van der Waals surface area (Å²) in [5.74, 6) is 0. The maximum atomic E-state index is 11.7. The van der Waals surface area contributed by atoms with E-state index in [0.717, 1.165) is 13.2 Å². The van der Waals surface area contributed by atoms with Crippen LogP contribution in [0.2, 0.25) is 0 Å². The lowest BCUT2D eigenvalue weighted by Gasteiger charge is -2.02. The molecule has 0 atom stereocenters. The summed E-state index contributed by atoms with van der Waals surface area (Å²) in [4.78, 5) is 26.6. The van der Waals surface area contributed by atoms with Gasteiger partial charge in [0.2, 0.25) is 0 Å². The maximum absolute atomic E-state index is 11.7. The van der Waals surface area contributed by atoms with Crippen LogP contribution in [0.15, 0.2) is 36.2 Å². The lowest BCUT2D eigenvalue weighted by molar-refractivity contribution is 0.701. The van der Waals surface area contributed by atoms with Gasteiger partial charge in [0.05, 0.1) is 14.8 Å². The molecule has 2 rings (SSSR count). The van der Waals surface area contributed by atoms with Gasteiger partial charge in [-0.25, -0.2) is 4.79 Å². The van der Waals surface area contributed by atoms with Crippen LogP contribution < -0.4 is 11.2 Å². The van der Waals surface area contributed by atoms with Crippen LogP contribution in [0.3, 0.4) is 0 Å². The first-order valence-electron chi connectivity index (χ1n) is 4.30. The first-order chi connectivity index (χ1) is 7.58. The fourth-order valence-electron chi connectivity index (χ4n) is 1.22.